The summed E-state index contributed by atoms with van der Waals surface area (Å²) >= 11 is 9.86. The Balaban J connectivity index is 2.42. The largest absolute Gasteiger partial charge is 0.385 e. The summed E-state index contributed by atoms with van der Waals surface area (Å²) in [5, 5.41) is 0. The van der Waals surface area contributed by atoms with Crippen molar-refractivity contribution in [3.63, 3.8) is 0 Å². The highest BCUT2D eigenvalue weighted by molar-refractivity contribution is 7.71. The lowest BCUT2D eigenvalue weighted by Crippen LogP contribution is -2.28. The zero-order valence-electron chi connectivity index (χ0n) is 12.8. The van der Waals surface area contributed by atoms with Gasteiger partial charge in [-0.2, -0.15) is 0 Å². The Kier molecular flexibility index (Phi) is 4.38. The molecule has 3 rings (SSSR count). The van der Waals surface area contributed by atoms with E-state index in [0.29, 0.717) is 5.56 Å². The molecule has 2 heterocycles. The van der Waals surface area contributed by atoms with Crippen molar-refractivity contribution in [1.82, 2.24) is 19.9 Å². The van der Waals surface area contributed by atoms with Crippen LogP contribution in [0, 0.1) is 9.54 Å². The molecular formula is C15H14N6O2S2. The lowest BCUT2D eigenvalue weighted by Gasteiger charge is -2.19. The minimum Gasteiger partial charge on any atom is -0.385 e. The first-order valence-electron chi connectivity index (χ1n) is 7.17. The van der Waals surface area contributed by atoms with E-state index in [1.165, 1.54) is 0 Å². The van der Waals surface area contributed by atoms with Gasteiger partial charge in [-0.3, -0.25) is 19.6 Å². The third kappa shape index (κ3) is 3.16. The van der Waals surface area contributed by atoms with Crippen LogP contribution in [-0.2, 0) is 0 Å². The van der Waals surface area contributed by atoms with Gasteiger partial charge in [-0.25, -0.2) is 0 Å². The average molecular weight is 374 g/mol. The standard InChI is InChI=1S/C15H14N6O2S2/c16-10-8(12(22)20-14(24)18-10)7(6-4-2-1-3-5-6)9-11(17)19-15(25)21-13(9)23/h1-5,7H,(H4,16,18,20,22,24)(H4,17,19,21,23,25). The van der Waals surface area contributed by atoms with Gasteiger partial charge in [-0.05, 0) is 30.0 Å². The molecule has 25 heavy (non-hydrogen) atoms. The summed E-state index contributed by atoms with van der Waals surface area (Å²) in [5.74, 6) is -0.694. The Morgan fingerprint density at radius 2 is 1.20 bits per heavy atom. The molecule has 0 fully saturated rings. The molecule has 8 nitrogen and oxygen atoms in total. The van der Waals surface area contributed by atoms with Crippen LogP contribution in [-0.4, -0.2) is 19.9 Å². The quantitative estimate of drug-likeness (QED) is 0.383. The third-order valence-corrected chi connectivity index (χ3v) is 4.14. The Labute approximate surface area is 151 Å². The van der Waals surface area contributed by atoms with Crippen molar-refractivity contribution in [3.05, 3.63) is 77.3 Å². The van der Waals surface area contributed by atoms with E-state index in [9.17, 15) is 9.59 Å². The number of aromatic nitrogens is 4. The van der Waals surface area contributed by atoms with Gasteiger partial charge in [0.05, 0.1) is 17.0 Å². The minimum atomic E-state index is -0.813. The highest BCUT2D eigenvalue weighted by atomic mass is 32.1. The van der Waals surface area contributed by atoms with E-state index in [1.54, 1.807) is 24.3 Å². The van der Waals surface area contributed by atoms with Crippen molar-refractivity contribution >= 4 is 36.1 Å². The van der Waals surface area contributed by atoms with Crippen molar-refractivity contribution in [3.8, 4) is 0 Å². The second-order valence-corrected chi connectivity index (χ2v) is 6.13. The first kappa shape index (κ1) is 16.9. The number of hydrogen-bond acceptors (Lipinski definition) is 6. The number of aromatic amines is 4. The summed E-state index contributed by atoms with van der Waals surface area (Å²) in [6.45, 7) is 0. The van der Waals surface area contributed by atoms with Gasteiger partial charge in [-0.15, -0.1) is 0 Å². The molecule has 0 aliphatic heterocycles. The Hall–Kier alpha value is -2.98. The van der Waals surface area contributed by atoms with Crippen LogP contribution in [0.15, 0.2) is 39.9 Å². The normalized spacial score (nSPS) is 10.9. The van der Waals surface area contributed by atoms with E-state index in [-0.39, 0.29) is 32.3 Å². The first-order chi connectivity index (χ1) is 11.9. The number of nitrogens with one attached hydrogen (secondary N) is 4. The highest BCUT2D eigenvalue weighted by Gasteiger charge is 2.27. The zero-order chi connectivity index (χ0) is 18.1. The van der Waals surface area contributed by atoms with Crippen LogP contribution < -0.4 is 22.6 Å². The number of nitrogens with two attached hydrogens (primary N) is 2. The van der Waals surface area contributed by atoms with E-state index >= 15 is 0 Å². The van der Waals surface area contributed by atoms with Crippen LogP contribution in [0.25, 0.3) is 0 Å². The van der Waals surface area contributed by atoms with Crippen LogP contribution in [0.5, 0.6) is 0 Å². The molecule has 0 spiro atoms. The lowest BCUT2D eigenvalue weighted by molar-refractivity contribution is 0.884. The Morgan fingerprint density at radius 3 is 1.60 bits per heavy atom. The summed E-state index contributed by atoms with van der Waals surface area (Å²) in [6, 6.07) is 8.93. The molecule has 0 saturated carbocycles. The second-order valence-electron chi connectivity index (χ2n) is 5.31. The van der Waals surface area contributed by atoms with E-state index in [2.05, 4.69) is 19.9 Å². The fourth-order valence-corrected chi connectivity index (χ4v) is 3.13. The summed E-state index contributed by atoms with van der Waals surface area (Å²) < 4.78 is 0.180. The molecule has 0 bridgehead atoms. The minimum absolute atomic E-state index is 0.0591. The van der Waals surface area contributed by atoms with Crippen molar-refractivity contribution in [1.29, 1.82) is 0 Å². The third-order valence-electron chi connectivity index (χ3n) is 3.73. The van der Waals surface area contributed by atoms with Crippen LogP contribution in [0.4, 0.5) is 11.6 Å². The van der Waals surface area contributed by atoms with E-state index in [1.807, 2.05) is 6.07 Å². The van der Waals surface area contributed by atoms with Crippen LogP contribution in [0.2, 0.25) is 0 Å². The Morgan fingerprint density at radius 1 is 0.760 bits per heavy atom. The number of H-pyrrole nitrogens is 4. The van der Waals surface area contributed by atoms with Crippen molar-refractivity contribution in [2.75, 3.05) is 11.5 Å². The molecule has 0 unspecified atom stereocenters. The Bertz CT molecular complexity index is 1090. The lowest BCUT2D eigenvalue weighted by atomic mass is 9.86. The smallest absolute Gasteiger partial charge is 0.257 e. The van der Waals surface area contributed by atoms with Crippen LogP contribution >= 0.6 is 24.4 Å². The SMILES string of the molecule is Nc1[nH]c(=S)[nH]c(=O)c1C(c1ccccc1)c1c(N)[nH]c(=S)[nH]c1=O. The monoisotopic (exact) mass is 374 g/mol. The highest BCUT2D eigenvalue weighted by Crippen LogP contribution is 2.32. The molecule has 1 aromatic carbocycles. The maximum Gasteiger partial charge on any atom is 0.257 e. The number of hydrogen-bond donors (Lipinski definition) is 6. The second kappa shape index (κ2) is 6.49. The van der Waals surface area contributed by atoms with Gasteiger partial charge in [0.25, 0.3) is 11.1 Å². The molecule has 0 aliphatic rings. The maximum absolute atomic E-state index is 12.5. The van der Waals surface area contributed by atoms with Gasteiger partial charge in [0.1, 0.15) is 11.6 Å². The summed E-state index contributed by atoms with van der Waals surface area (Å²) in [4.78, 5) is 35.5. The van der Waals surface area contributed by atoms with Crippen LogP contribution in [0.3, 0.4) is 0 Å². The predicted molar refractivity (Wildman–Crippen MR) is 101 cm³/mol. The summed E-state index contributed by atoms with van der Waals surface area (Å²) in [5.41, 5.74) is 11.9. The molecule has 8 N–H and O–H groups in total. The molecule has 0 radical (unpaired) electrons. The number of benzene rings is 1. The molecule has 0 aliphatic carbocycles. The van der Waals surface area contributed by atoms with Gasteiger partial charge in [0.15, 0.2) is 9.54 Å². The maximum atomic E-state index is 12.5. The van der Waals surface area contributed by atoms with E-state index < -0.39 is 17.0 Å². The molecule has 0 atom stereocenters. The molecule has 0 amide bonds. The molecule has 128 valence electrons. The van der Waals surface area contributed by atoms with Gasteiger partial charge < -0.3 is 21.4 Å². The topological polar surface area (TPSA) is 149 Å². The van der Waals surface area contributed by atoms with E-state index in [4.69, 9.17) is 35.9 Å². The van der Waals surface area contributed by atoms with Gasteiger partial charge in [0, 0.05) is 0 Å². The molecular weight excluding hydrogens is 360 g/mol. The first-order valence-corrected chi connectivity index (χ1v) is 7.99. The van der Waals surface area contributed by atoms with Gasteiger partial charge >= 0.3 is 0 Å². The van der Waals surface area contributed by atoms with Crippen LogP contribution in [0.1, 0.15) is 22.6 Å². The molecule has 10 heteroatoms. The van der Waals surface area contributed by atoms with Crippen molar-refractivity contribution < 1.29 is 0 Å². The summed E-state index contributed by atoms with van der Waals surface area (Å²) in [7, 11) is 0. The molecule has 3 aromatic rings. The van der Waals surface area contributed by atoms with Gasteiger partial charge in [-0.1, -0.05) is 30.3 Å². The van der Waals surface area contributed by atoms with Crippen molar-refractivity contribution in [2.45, 2.75) is 5.92 Å². The number of anilines is 2. The number of rotatable bonds is 3. The zero-order valence-corrected chi connectivity index (χ0v) is 14.4. The fraction of sp³-hybridized carbons (Fsp3) is 0.0667. The van der Waals surface area contributed by atoms with Crippen molar-refractivity contribution in [2.24, 2.45) is 0 Å². The van der Waals surface area contributed by atoms with E-state index in [0.717, 1.165) is 0 Å². The summed E-state index contributed by atoms with van der Waals surface area (Å²) in [6.07, 6.45) is 0. The fourth-order valence-electron chi connectivity index (χ4n) is 2.72. The number of nitrogen functional groups attached to an aromatic ring is 2. The average Bonchev–Trinajstić information content (AvgIpc) is 2.52. The molecule has 0 saturated heterocycles. The molecule has 2 aromatic heterocycles. The predicted octanol–water partition coefficient (Wildman–Crippen LogP) is 1.52. The van der Waals surface area contributed by atoms with Gasteiger partial charge in [0.2, 0.25) is 0 Å².